The van der Waals surface area contributed by atoms with E-state index in [0.29, 0.717) is 62.7 Å². The number of carbonyl (C=O) groups is 16. The summed E-state index contributed by atoms with van der Waals surface area (Å²) in [7, 11) is 6.54. The number of carboxylic acids is 1. The van der Waals surface area contributed by atoms with Crippen LogP contribution in [-0.2, 0) is 122 Å². The van der Waals surface area contributed by atoms with Crippen LogP contribution in [0.15, 0.2) is 194 Å². The van der Waals surface area contributed by atoms with Gasteiger partial charge < -0.3 is 103 Å². The second kappa shape index (κ2) is 51.2. The van der Waals surface area contributed by atoms with E-state index in [0.717, 1.165) is 26.5 Å². The second-order valence-corrected chi connectivity index (χ2v) is 36.2. The molecule has 9 rings (SSSR count). The molecule has 730 valence electrons. The maximum absolute atomic E-state index is 16.1. The fourth-order valence-electron chi connectivity index (χ4n) is 16.1. The van der Waals surface area contributed by atoms with E-state index >= 15 is 47.9 Å². The molecule has 1 fully saturated rings. The van der Waals surface area contributed by atoms with Crippen LogP contribution in [0.2, 0.25) is 0 Å². The molecule has 1 saturated heterocycles. The highest BCUT2D eigenvalue weighted by Crippen LogP contribution is 2.26. The topological polar surface area (TPSA) is 520 Å². The number of carboxylic acid groups (broad SMARTS) is 1. The van der Waals surface area contributed by atoms with Crippen molar-refractivity contribution in [3.63, 3.8) is 0 Å². The lowest BCUT2D eigenvalue weighted by Gasteiger charge is -2.37. The first kappa shape index (κ1) is 106. The van der Waals surface area contributed by atoms with Crippen LogP contribution in [0.4, 0.5) is 0 Å². The molecule has 16 N–H and O–H groups in total. The lowest BCUT2D eigenvalue weighted by Crippen LogP contribution is -2.62. The number of phenolic OH excluding ortho intramolecular Hbond substituents is 3. The number of primary amides is 1. The molecule has 0 radical (unpaired) electrons. The molecule has 1 aliphatic rings. The summed E-state index contributed by atoms with van der Waals surface area (Å²) in [6.07, 6.45) is -0.557. The monoisotopic (exact) mass is 1900 g/mol. The van der Waals surface area contributed by atoms with Crippen molar-refractivity contribution >= 4 is 117 Å². The molecular weight excluding hydrogens is 1780 g/mol. The van der Waals surface area contributed by atoms with Crippen LogP contribution in [0.25, 0.3) is 10.9 Å². The van der Waals surface area contributed by atoms with Crippen molar-refractivity contribution in [2.24, 2.45) is 17.6 Å². The molecule has 37 heteroatoms. The summed E-state index contributed by atoms with van der Waals surface area (Å²) < 4.78 is 0. The minimum Gasteiger partial charge on any atom is -0.508 e. The fourth-order valence-corrected chi connectivity index (χ4v) is 16.9. The average molecular weight is 1900 g/mol. The number of benzene rings is 7. The molecule has 15 amide bonds. The second-order valence-electron chi connectivity index (χ2n) is 35.1. The first-order valence-electron chi connectivity index (χ1n) is 45.3. The van der Waals surface area contributed by atoms with E-state index in [1.165, 1.54) is 118 Å². The quantitative estimate of drug-likeness (QED) is 0.0388. The zero-order chi connectivity index (χ0) is 99.9. The largest absolute Gasteiger partial charge is 0.508 e. The van der Waals surface area contributed by atoms with Crippen LogP contribution in [-0.4, -0.2) is 277 Å². The number of aliphatic carboxylic acids is 1. The molecule has 0 spiro atoms. The summed E-state index contributed by atoms with van der Waals surface area (Å²) >= 11 is 0.821. The Morgan fingerprint density at radius 3 is 1.34 bits per heavy atom. The SMILES string of the molecule is CCCC[C@H]1C(=O)N(C)CC(=O)N[C@@H](CC(=O)O)C(=O)N[C@@H](C(C)C)C(=O)N(C)[C@@H](Cc2ccccc2)C(=O)N[C@@H](Cc2ccc(O)cc2)C(=O)N(C)[C@@H](Cc2ccc(O)cc2)C(=O)N[C@@H](Cc2c[nH]c3ccccc23)C(=O)N[C@@H](Cc2ccc(O)cc2)C(=O)N[C@@H](CC(C)C)C(=O)N[C@H](C(=O)NCC(N)=O)CSCC(=O)N[C@@H](Cc2ccccc2)C(=O)N(C)[C@@H](Cc2ccccc2)C(=O)N1C. The van der Waals surface area contributed by atoms with Crippen molar-refractivity contribution in [1.82, 2.24) is 77.3 Å². The van der Waals surface area contributed by atoms with E-state index in [2.05, 4.69) is 52.8 Å². The third kappa shape index (κ3) is 31.5. The van der Waals surface area contributed by atoms with Gasteiger partial charge in [-0.15, -0.1) is 11.8 Å². The number of nitrogens with one attached hydrogen (secondary N) is 10. The predicted octanol–water partition coefficient (Wildman–Crippen LogP) is 3.64. The number of hydrogen-bond acceptors (Lipinski definition) is 20. The predicted molar refractivity (Wildman–Crippen MR) is 513 cm³/mol. The van der Waals surface area contributed by atoms with E-state index in [4.69, 9.17) is 5.73 Å². The van der Waals surface area contributed by atoms with E-state index in [1.54, 1.807) is 149 Å². The van der Waals surface area contributed by atoms with Crippen molar-refractivity contribution in [2.45, 2.75) is 184 Å². The smallest absolute Gasteiger partial charge is 0.305 e. The number of likely N-dealkylation sites (N-methyl/N-ethyl adjacent to an activating group) is 5. The molecule has 1 aliphatic heterocycles. The highest BCUT2D eigenvalue weighted by molar-refractivity contribution is 8.00. The lowest BCUT2D eigenvalue weighted by atomic mass is 9.97. The Bertz CT molecular complexity index is 5520. The van der Waals surface area contributed by atoms with Gasteiger partial charge in [-0.3, -0.25) is 76.7 Å². The summed E-state index contributed by atoms with van der Waals surface area (Å²) in [5, 5.41) is 66.8. The van der Waals surface area contributed by atoms with Gasteiger partial charge in [0.25, 0.3) is 0 Å². The van der Waals surface area contributed by atoms with Gasteiger partial charge in [0.2, 0.25) is 88.6 Å². The molecule has 12 atom stereocenters. The van der Waals surface area contributed by atoms with Gasteiger partial charge in [0.1, 0.15) is 89.8 Å². The van der Waals surface area contributed by atoms with Gasteiger partial charge in [-0.2, -0.15) is 0 Å². The molecule has 1 aromatic heterocycles. The zero-order valence-corrected chi connectivity index (χ0v) is 79.2. The molecular formula is C100H124N16O20S. The molecule has 7 aromatic carbocycles. The van der Waals surface area contributed by atoms with Crippen molar-refractivity contribution in [1.29, 1.82) is 0 Å². The van der Waals surface area contributed by atoms with Crippen LogP contribution < -0.4 is 53.6 Å². The van der Waals surface area contributed by atoms with Crippen LogP contribution in [0, 0.1) is 11.8 Å². The number of H-pyrrole nitrogens is 1. The van der Waals surface area contributed by atoms with Gasteiger partial charge in [-0.05, 0) is 106 Å². The van der Waals surface area contributed by atoms with Gasteiger partial charge in [0.15, 0.2) is 0 Å². The highest BCUT2D eigenvalue weighted by Gasteiger charge is 2.44. The first-order valence-corrected chi connectivity index (χ1v) is 46.5. The minimum absolute atomic E-state index is 0.0194. The third-order valence-electron chi connectivity index (χ3n) is 23.8. The molecule has 0 aliphatic carbocycles. The molecule has 36 nitrogen and oxygen atoms in total. The van der Waals surface area contributed by atoms with Crippen molar-refractivity contribution in [2.75, 3.05) is 59.8 Å². The number of phenols is 3. The zero-order valence-electron chi connectivity index (χ0n) is 78.4. The Morgan fingerprint density at radius 2 is 0.839 bits per heavy atom. The molecule has 0 unspecified atom stereocenters. The number of aromatic hydroxyl groups is 3. The normalized spacial score (nSPS) is 21.8. The van der Waals surface area contributed by atoms with Crippen molar-refractivity contribution in [3.8, 4) is 17.2 Å². The maximum atomic E-state index is 16.1. The van der Waals surface area contributed by atoms with Crippen LogP contribution in [0.3, 0.4) is 0 Å². The number of rotatable bonds is 25. The molecule has 2 heterocycles. The summed E-state index contributed by atoms with van der Waals surface area (Å²) in [5.74, 6) is -18.1. The van der Waals surface area contributed by atoms with Gasteiger partial charge in [-0.1, -0.05) is 193 Å². The van der Waals surface area contributed by atoms with Crippen LogP contribution >= 0.6 is 11.8 Å². The standard InChI is InChI=1S/C100H124N16O20S/c1-11-12-32-80-98(134)112(6)56-85(121)104-76(53-87(123)124)93(129)111-88(60(4)5)100(136)115(9)82(49-62-26-18-14-19-27-62)95(131)109-78(48-65-35-41-69(118)42-36-65)97(133)114(8)81(50-66-37-43-70(119)44-38-66)94(130)108-75(52-67-54-102-72-31-23-22-30-71(67)72)92(128)107-74(46-64-33-39-68(117)40-34-64)91(127)106-73(45-59(2)3)90(126)110-79(89(125)103-55-84(101)120)57-137-58-86(122)105-77(47-61-24-16-13-17-25-61)96(132)116(10)83(99(135)113(80)7)51-63-28-20-15-21-29-63/h13-31,33-44,54,59-60,73-83,88,102,117-119H,11-12,32,45-53,55-58H2,1-10H3,(H2,101,120)(H,103,125)(H,104,121)(H,105,122)(H,106,127)(H,107,128)(H,108,130)(H,109,131)(H,110,126)(H,111,129)(H,123,124)/t73-,74-,75-,76-,77-,78-,79-,80-,81-,82-,83-,88-/m0/s1. The summed E-state index contributed by atoms with van der Waals surface area (Å²) in [6, 6.07) is 30.7. The maximum Gasteiger partial charge on any atom is 0.305 e. The Balaban J connectivity index is 1.16. The number of nitrogens with two attached hydrogens (primary N) is 1. The van der Waals surface area contributed by atoms with E-state index in [-0.39, 0.29) is 81.0 Å². The highest BCUT2D eigenvalue weighted by atomic mass is 32.2. The molecule has 137 heavy (non-hydrogen) atoms. The van der Waals surface area contributed by atoms with Crippen LogP contribution in [0.5, 0.6) is 17.2 Å². The number of nitrogens with zero attached hydrogens (tertiary/aromatic N) is 5. The van der Waals surface area contributed by atoms with E-state index in [1.807, 2.05) is 6.92 Å². The number of aromatic amines is 1. The number of fused-ring (bicyclic) bond motifs is 1. The molecule has 0 saturated carbocycles. The summed E-state index contributed by atoms with van der Waals surface area (Å²) in [6.45, 7) is 6.91. The van der Waals surface area contributed by atoms with Gasteiger partial charge >= 0.3 is 5.97 Å². The van der Waals surface area contributed by atoms with Crippen molar-refractivity contribution in [3.05, 3.63) is 233 Å². The number of carbonyl (C=O) groups excluding carboxylic acids is 15. The fraction of sp³-hybridized carbons (Fsp3) is 0.400. The summed E-state index contributed by atoms with van der Waals surface area (Å²) in [5.41, 5.74) is 9.35. The first-order chi connectivity index (χ1) is 65.2. The Labute approximate surface area is 799 Å². The molecule has 0 bridgehead atoms. The van der Waals surface area contributed by atoms with E-state index in [9.17, 15) is 49.2 Å². The number of hydrogen-bond donors (Lipinski definition) is 15. The number of thioether (sulfide) groups is 1. The van der Waals surface area contributed by atoms with E-state index < -0.39 is 204 Å². The third-order valence-corrected chi connectivity index (χ3v) is 24.8. The Kier molecular flexibility index (Phi) is 39.6. The van der Waals surface area contributed by atoms with Gasteiger partial charge in [-0.25, -0.2) is 0 Å². The molecule has 8 aromatic rings. The Morgan fingerprint density at radius 1 is 0.431 bits per heavy atom. The number of aromatic nitrogens is 1. The Hall–Kier alpha value is -14.7. The van der Waals surface area contributed by atoms with Crippen molar-refractivity contribution < 1.29 is 97.1 Å². The minimum atomic E-state index is -1.93. The van der Waals surface area contributed by atoms with Crippen LogP contribution in [0.1, 0.15) is 106 Å². The van der Waals surface area contributed by atoms with Gasteiger partial charge in [0, 0.05) is 103 Å². The number of para-hydroxylation sites is 1. The number of amides is 15. The summed E-state index contributed by atoms with van der Waals surface area (Å²) in [4.78, 5) is 248. The lowest BCUT2D eigenvalue weighted by molar-refractivity contribution is -0.151. The average Bonchev–Trinajstić information content (AvgIpc) is 1.44. The van der Waals surface area contributed by atoms with Gasteiger partial charge in [0.05, 0.1) is 25.3 Å². The number of unbranched alkanes of at least 4 members (excludes halogenated alkanes) is 1.